The minimum absolute atomic E-state index is 0. The summed E-state index contributed by atoms with van der Waals surface area (Å²) in [4.78, 5) is 0. The van der Waals surface area contributed by atoms with Crippen LogP contribution in [0.25, 0.3) is 0 Å². The van der Waals surface area contributed by atoms with E-state index in [0.717, 1.165) is 0 Å². The summed E-state index contributed by atoms with van der Waals surface area (Å²) >= 11 is 0. The Morgan fingerprint density at radius 1 is 1.20 bits per heavy atom. The first-order chi connectivity index (χ1) is 2.00. The minimum Gasteiger partial charge on any atom is -0.697 e. The van der Waals surface area contributed by atoms with Gasteiger partial charge < -0.3 is 12.8 Å². The van der Waals surface area contributed by atoms with Crippen molar-refractivity contribution >= 4 is 0 Å². The summed E-state index contributed by atoms with van der Waals surface area (Å²) in [6.07, 6.45) is 9.00. The van der Waals surface area contributed by atoms with Gasteiger partial charge in [-0.2, -0.15) is 0 Å². The molecule has 0 heterocycles. The van der Waals surface area contributed by atoms with Gasteiger partial charge in [0.1, 0.15) is 0 Å². The van der Waals surface area contributed by atoms with Gasteiger partial charge in [-0.3, -0.25) is 0 Å². The Labute approximate surface area is 45.4 Å². The van der Waals surface area contributed by atoms with Crippen molar-refractivity contribution in [2.45, 2.75) is 0 Å². The average Bonchev–Trinajstić information content (AvgIpc) is 1.50. The van der Waals surface area contributed by atoms with E-state index in [0.29, 0.717) is 0 Å². The zero-order chi connectivity index (χ0) is 4.00. The van der Waals surface area contributed by atoms with Gasteiger partial charge in [-0.25, -0.2) is 0 Å². The molecule has 0 spiro atoms. The molecule has 0 aromatic carbocycles. The summed E-state index contributed by atoms with van der Waals surface area (Å²) in [6.45, 7) is 6.00. The molecule has 0 rings (SSSR count). The van der Waals surface area contributed by atoms with Gasteiger partial charge >= 0.3 is 18.9 Å². The third kappa shape index (κ3) is 1330. The molecule has 0 aliphatic rings. The van der Waals surface area contributed by atoms with Crippen molar-refractivity contribution in [3.05, 3.63) is 19.6 Å². The molecule has 0 aliphatic carbocycles. The molecule has 0 aromatic heterocycles. The third-order valence-electron chi connectivity index (χ3n) is 0. The molecule has 0 saturated carbocycles. The molecule has 0 aliphatic heterocycles. The Hall–Kier alpha value is -0.103. The average molecular weight is 60.0 g/mol. The van der Waals surface area contributed by atoms with E-state index in [1.165, 1.54) is 0 Å². The van der Waals surface area contributed by atoms with Crippen LogP contribution in [0.2, 0.25) is 0 Å². The van der Waals surface area contributed by atoms with E-state index in [1.54, 1.807) is 0 Å². The molecule has 0 amide bonds. The van der Waals surface area contributed by atoms with E-state index in [1.807, 2.05) is 0 Å². The second-order valence-corrected chi connectivity index (χ2v) is 0. The number of terminal acetylenes is 1. The summed E-state index contributed by atoms with van der Waals surface area (Å²) in [6, 6.07) is 0. The zero-order valence-electron chi connectivity index (χ0n) is 3.49. The van der Waals surface area contributed by atoms with E-state index >= 15 is 0 Å². The van der Waals surface area contributed by atoms with Crippen LogP contribution < -0.4 is 18.9 Å². The van der Waals surface area contributed by atoms with Gasteiger partial charge in [-0.05, 0) is 0 Å². The molecule has 0 aromatic rings. The number of rotatable bonds is 0. The van der Waals surface area contributed by atoms with Gasteiger partial charge in [0.25, 0.3) is 0 Å². The summed E-state index contributed by atoms with van der Waals surface area (Å²) in [5, 5.41) is 0. The predicted octanol–water partition coefficient (Wildman–Crippen LogP) is -1.99. The van der Waals surface area contributed by atoms with Crippen LogP contribution in [-0.2, 0) is 0 Å². The molecule has 5 heavy (non-hydrogen) atoms. The molecule has 0 fully saturated rings. The fourth-order valence-corrected chi connectivity index (χ4v) is 0. The summed E-state index contributed by atoms with van der Waals surface area (Å²) in [5.41, 5.74) is 0. The maximum Gasteiger partial charge on any atom is 1.00 e. The van der Waals surface area contributed by atoms with Crippen molar-refractivity contribution in [2.75, 3.05) is 0 Å². The Bertz CT molecular complexity index is 14.9. The first-order valence-corrected chi connectivity index (χ1v) is 0.789. The Kier molecular flexibility index (Phi) is 12800. The van der Waals surface area contributed by atoms with E-state index in [2.05, 4.69) is 19.6 Å². The molecule has 0 saturated heterocycles. The van der Waals surface area contributed by atoms with E-state index in [9.17, 15) is 0 Å². The van der Waals surface area contributed by atoms with Crippen molar-refractivity contribution in [2.24, 2.45) is 0 Å². The molecular formula is C4H5Li. The number of hydrogen-bond donors (Lipinski definition) is 0. The van der Waals surface area contributed by atoms with Crippen molar-refractivity contribution in [3.63, 3.8) is 0 Å². The van der Waals surface area contributed by atoms with Crippen molar-refractivity contribution < 1.29 is 18.9 Å². The first kappa shape index (κ1) is 20.7. The van der Waals surface area contributed by atoms with Crippen LogP contribution in [0.5, 0.6) is 0 Å². The molecule has 0 bridgehead atoms. The third-order valence-corrected chi connectivity index (χ3v) is 0. The molecule has 22 valence electrons. The van der Waals surface area contributed by atoms with E-state index in [4.69, 9.17) is 6.42 Å². The maximum atomic E-state index is 5.25. The summed E-state index contributed by atoms with van der Waals surface area (Å²) < 4.78 is 0. The van der Waals surface area contributed by atoms with Gasteiger partial charge in [0.15, 0.2) is 0 Å². The first-order valence-electron chi connectivity index (χ1n) is 0.789. The standard InChI is InChI=1S/C2H4.C2H.Li/c2*1-2;/h1-2H2;1H;/q;-1;+1. The van der Waals surface area contributed by atoms with Gasteiger partial charge in [0, 0.05) is 0 Å². The van der Waals surface area contributed by atoms with Gasteiger partial charge in [0.2, 0.25) is 0 Å². The molecule has 0 nitrogen and oxygen atoms in total. The minimum atomic E-state index is 0. The van der Waals surface area contributed by atoms with Crippen LogP contribution in [-0.4, -0.2) is 0 Å². The van der Waals surface area contributed by atoms with Crippen LogP contribution in [0.15, 0.2) is 13.2 Å². The topological polar surface area (TPSA) is 0 Å². The van der Waals surface area contributed by atoms with Gasteiger partial charge in [-0.15, -0.1) is 13.2 Å². The quantitative estimate of drug-likeness (QED) is 0.131. The summed E-state index contributed by atoms with van der Waals surface area (Å²) in [7, 11) is 0. The molecule has 1 heteroatoms. The van der Waals surface area contributed by atoms with Crippen LogP contribution in [0.4, 0.5) is 0 Å². The van der Waals surface area contributed by atoms with E-state index < -0.39 is 0 Å². The van der Waals surface area contributed by atoms with Crippen molar-refractivity contribution in [3.8, 4) is 6.42 Å². The maximum absolute atomic E-state index is 5.25. The molecular weight excluding hydrogens is 55.0 g/mol. The largest absolute Gasteiger partial charge is 1.00 e. The Morgan fingerprint density at radius 3 is 1.20 bits per heavy atom. The number of hydrogen-bond acceptors (Lipinski definition) is 0. The SMILES string of the molecule is C=C.[C-]#C.[Li+]. The van der Waals surface area contributed by atoms with E-state index in [-0.39, 0.29) is 18.9 Å². The second-order valence-electron chi connectivity index (χ2n) is 0. The monoisotopic (exact) mass is 60.1 g/mol. The smallest absolute Gasteiger partial charge is 0.697 e. The van der Waals surface area contributed by atoms with Crippen LogP contribution in [0, 0.1) is 12.8 Å². The van der Waals surface area contributed by atoms with Gasteiger partial charge in [0.05, 0.1) is 0 Å². The normalized spacial score (nSPS) is 1.20. The van der Waals surface area contributed by atoms with Crippen molar-refractivity contribution in [1.29, 1.82) is 0 Å². The Morgan fingerprint density at radius 2 is 1.20 bits per heavy atom. The van der Waals surface area contributed by atoms with Crippen LogP contribution in [0.1, 0.15) is 0 Å². The molecule has 0 N–H and O–H groups in total. The molecule has 0 unspecified atom stereocenters. The second kappa shape index (κ2) is 3110. The zero-order valence-corrected chi connectivity index (χ0v) is 3.49. The van der Waals surface area contributed by atoms with Crippen LogP contribution >= 0.6 is 0 Å². The van der Waals surface area contributed by atoms with Crippen molar-refractivity contribution in [1.82, 2.24) is 0 Å². The summed E-state index contributed by atoms with van der Waals surface area (Å²) in [5.74, 6) is 0. The molecule has 0 radical (unpaired) electrons. The predicted molar refractivity (Wildman–Crippen MR) is 19.4 cm³/mol. The molecule has 0 atom stereocenters. The fraction of sp³-hybridized carbons (Fsp3) is 0. The fourth-order valence-electron chi connectivity index (χ4n) is 0. The Balaban J connectivity index is -0.0000000133. The van der Waals surface area contributed by atoms with Gasteiger partial charge in [-0.1, -0.05) is 0 Å². The van der Waals surface area contributed by atoms with Crippen LogP contribution in [0.3, 0.4) is 0 Å².